The Morgan fingerprint density at radius 2 is 1.73 bits per heavy atom. The summed E-state index contributed by atoms with van der Waals surface area (Å²) in [6.45, 7) is 1.62. The lowest BCUT2D eigenvalue weighted by Crippen LogP contribution is -2.42. The van der Waals surface area contributed by atoms with Gasteiger partial charge in [-0.2, -0.15) is 0 Å². The van der Waals surface area contributed by atoms with Gasteiger partial charge in [0.25, 0.3) is 5.91 Å². The zero-order chi connectivity index (χ0) is 19.1. The number of amides is 3. The summed E-state index contributed by atoms with van der Waals surface area (Å²) in [5, 5.41) is 15.8. The Labute approximate surface area is 149 Å². The third-order valence-electron chi connectivity index (χ3n) is 3.55. The summed E-state index contributed by atoms with van der Waals surface area (Å²) >= 11 is 0. The fraction of sp³-hybridized carbons (Fsp3) is 0.167. The summed E-state index contributed by atoms with van der Waals surface area (Å²) in [4.78, 5) is 35.4. The standard InChI is InChI=1S/C18H18FN3O4/c1-2-13(22-18(25)26)16(23)21-14-10-6-9-12(19)15(14)17(24)20-11-7-4-3-5-8-11/h3-10,13,22H,2H2,1H3,(H,20,24)(H,21,23)(H,25,26). The number of hydrogen-bond acceptors (Lipinski definition) is 3. The Kier molecular flexibility index (Phi) is 6.26. The van der Waals surface area contributed by atoms with E-state index >= 15 is 0 Å². The number of carboxylic acid groups (broad SMARTS) is 1. The van der Waals surface area contributed by atoms with Crippen LogP contribution in [-0.2, 0) is 4.79 Å². The van der Waals surface area contributed by atoms with Crippen molar-refractivity contribution in [2.45, 2.75) is 19.4 Å². The maximum Gasteiger partial charge on any atom is 0.405 e. The average Bonchev–Trinajstić information content (AvgIpc) is 2.60. The third kappa shape index (κ3) is 4.79. The van der Waals surface area contributed by atoms with Crippen LogP contribution in [0.15, 0.2) is 48.5 Å². The number of benzene rings is 2. The van der Waals surface area contributed by atoms with Gasteiger partial charge in [0.05, 0.1) is 11.3 Å². The highest BCUT2D eigenvalue weighted by Crippen LogP contribution is 2.21. The van der Waals surface area contributed by atoms with E-state index in [-0.39, 0.29) is 17.7 Å². The van der Waals surface area contributed by atoms with Crippen molar-refractivity contribution in [2.24, 2.45) is 0 Å². The van der Waals surface area contributed by atoms with Crippen LogP contribution in [0.4, 0.5) is 20.6 Å². The molecule has 0 heterocycles. The number of carbonyl (C=O) groups is 3. The smallest absolute Gasteiger partial charge is 0.405 e. The molecule has 0 aliphatic rings. The van der Waals surface area contributed by atoms with Gasteiger partial charge in [-0.25, -0.2) is 9.18 Å². The van der Waals surface area contributed by atoms with Crippen molar-refractivity contribution in [3.8, 4) is 0 Å². The van der Waals surface area contributed by atoms with Gasteiger partial charge < -0.3 is 21.1 Å². The van der Waals surface area contributed by atoms with Crippen molar-refractivity contribution in [3.63, 3.8) is 0 Å². The number of hydrogen-bond donors (Lipinski definition) is 4. The van der Waals surface area contributed by atoms with Crippen molar-refractivity contribution >= 4 is 29.3 Å². The van der Waals surface area contributed by atoms with E-state index in [1.165, 1.54) is 12.1 Å². The number of halogens is 1. The molecule has 2 aromatic rings. The van der Waals surface area contributed by atoms with Crippen LogP contribution < -0.4 is 16.0 Å². The summed E-state index contributed by atoms with van der Waals surface area (Å²) in [5.74, 6) is -2.23. The van der Waals surface area contributed by atoms with E-state index in [0.29, 0.717) is 5.69 Å². The van der Waals surface area contributed by atoms with Crippen molar-refractivity contribution < 1.29 is 23.9 Å². The molecular formula is C18H18FN3O4. The fourth-order valence-electron chi connectivity index (χ4n) is 2.30. The lowest BCUT2D eigenvalue weighted by molar-refractivity contribution is -0.118. The van der Waals surface area contributed by atoms with Crippen LogP contribution in [0.2, 0.25) is 0 Å². The third-order valence-corrected chi connectivity index (χ3v) is 3.55. The maximum atomic E-state index is 14.2. The minimum Gasteiger partial charge on any atom is -0.465 e. The van der Waals surface area contributed by atoms with Crippen LogP contribution >= 0.6 is 0 Å². The largest absolute Gasteiger partial charge is 0.465 e. The molecule has 3 amide bonds. The Balaban J connectivity index is 2.24. The highest BCUT2D eigenvalue weighted by atomic mass is 19.1. The second kappa shape index (κ2) is 8.61. The molecule has 1 atom stereocenters. The van der Waals surface area contributed by atoms with Gasteiger partial charge in [0.2, 0.25) is 5.91 Å². The van der Waals surface area contributed by atoms with Gasteiger partial charge in [-0.1, -0.05) is 31.2 Å². The molecule has 0 fully saturated rings. The first kappa shape index (κ1) is 18.9. The van der Waals surface area contributed by atoms with Crippen LogP contribution in [-0.4, -0.2) is 29.1 Å². The number of para-hydroxylation sites is 1. The summed E-state index contributed by atoms with van der Waals surface area (Å²) < 4.78 is 14.2. The lowest BCUT2D eigenvalue weighted by atomic mass is 10.1. The molecule has 136 valence electrons. The number of nitrogens with one attached hydrogen (secondary N) is 3. The molecule has 0 spiro atoms. The molecule has 0 bridgehead atoms. The number of anilines is 2. The lowest BCUT2D eigenvalue weighted by Gasteiger charge is -2.17. The van der Waals surface area contributed by atoms with Crippen molar-refractivity contribution in [3.05, 3.63) is 59.9 Å². The molecule has 0 saturated carbocycles. The average molecular weight is 359 g/mol. The van der Waals surface area contributed by atoms with E-state index in [2.05, 4.69) is 16.0 Å². The molecule has 7 nitrogen and oxygen atoms in total. The first-order valence-electron chi connectivity index (χ1n) is 7.87. The number of rotatable bonds is 6. The molecule has 0 aliphatic carbocycles. The quantitative estimate of drug-likeness (QED) is 0.636. The molecule has 0 saturated heterocycles. The van der Waals surface area contributed by atoms with E-state index in [1.54, 1.807) is 37.3 Å². The van der Waals surface area contributed by atoms with Crippen LogP contribution in [0.5, 0.6) is 0 Å². The summed E-state index contributed by atoms with van der Waals surface area (Å²) in [7, 11) is 0. The van der Waals surface area contributed by atoms with Gasteiger partial charge in [0, 0.05) is 5.69 Å². The van der Waals surface area contributed by atoms with E-state index in [0.717, 1.165) is 6.07 Å². The Hall–Kier alpha value is -3.42. The van der Waals surface area contributed by atoms with Crippen molar-refractivity contribution in [2.75, 3.05) is 10.6 Å². The predicted molar refractivity (Wildman–Crippen MR) is 94.7 cm³/mol. The fourth-order valence-corrected chi connectivity index (χ4v) is 2.30. The zero-order valence-corrected chi connectivity index (χ0v) is 14.0. The van der Waals surface area contributed by atoms with Crippen LogP contribution in [0, 0.1) is 5.82 Å². The molecule has 1 unspecified atom stereocenters. The summed E-state index contributed by atoms with van der Waals surface area (Å²) in [5.41, 5.74) is 0.0842. The van der Waals surface area contributed by atoms with Crippen LogP contribution in [0.25, 0.3) is 0 Å². The molecule has 0 aliphatic heterocycles. The van der Waals surface area contributed by atoms with Gasteiger partial charge >= 0.3 is 6.09 Å². The van der Waals surface area contributed by atoms with Gasteiger partial charge in [-0.15, -0.1) is 0 Å². The normalized spacial score (nSPS) is 11.3. The minimum absolute atomic E-state index is 0.0472. The Morgan fingerprint density at radius 1 is 1.04 bits per heavy atom. The second-order valence-corrected chi connectivity index (χ2v) is 5.38. The van der Waals surface area contributed by atoms with Gasteiger partial charge in [-0.05, 0) is 30.7 Å². The summed E-state index contributed by atoms with van der Waals surface area (Å²) in [6, 6.07) is 11.3. The Morgan fingerprint density at radius 3 is 2.35 bits per heavy atom. The number of carbonyl (C=O) groups excluding carboxylic acids is 2. The SMILES string of the molecule is CCC(NC(=O)O)C(=O)Nc1cccc(F)c1C(=O)Nc1ccccc1. The molecule has 2 aromatic carbocycles. The maximum absolute atomic E-state index is 14.2. The molecular weight excluding hydrogens is 341 g/mol. The van der Waals surface area contributed by atoms with Crippen LogP contribution in [0.3, 0.4) is 0 Å². The van der Waals surface area contributed by atoms with Gasteiger partial charge in [0.15, 0.2) is 0 Å². The molecule has 8 heteroatoms. The molecule has 2 rings (SSSR count). The predicted octanol–water partition coefficient (Wildman–Crippen LogP) is 3.06. The highest BCUT2D eigenvalue weighted by Gasteiger charge is 2.23. The van der Waals surface area contributed by atoms with Gasteiger partial charge in [0.1, 0.15) is 11.9 Å². The summed E-state index contributed by atoms with van der Waals surface area (Å²) in [6.07, 6.45) is -1.16. The van der Waals surface area contributed by atoms with E-state index in [9.17, 15) is 18.8 Å². The van der Waals surface area contributed by atoms with Crippen LogP contribution in [0.1, 0.15) is 23.7 Å². The monoisotopic (exact) mass is 359 g/mol. The van der Waals surface area contributed by atoms with E-state index in [1.807, 2.05) is 0 Å². The van der Waals surface area contributed by atoms with Crippen molar-refractivity contribution in [1.29, 1.82) is 0 Å². The van der Waals surface area contributed by atoms with Crippen molar-refractivity contribution in [1.82, 2.24) is 5.32 Å². The first-order chi connectivity index (χ1) is 12.4. The molecule has 26 heavy (non-hydrogen) atoms. The zero-order valence-electron chi connectivity index (χ0n) is 14.0. The molecule has 4 N–H and O–H groups in total. The van der Waals surface area contributed by atoms with E-state index < -0.39 is 29.8 Å². The molecule has 0 radical (unpaired) electrons. The molecule has 0 aromatic heterocycles. The van der Waals surface area contributed by atoms with Gasteiger partial charge in [-0.3, -0.25) is 9.59 Å². The highest BCUT2D eigenvalue weighted by molar-refractivity contribution is 6.10. The van der Waals surface area contributed by atoms with E-state index in [4.69, 9.17) is 5.11 Å². The Bertz CT molecular complexity index is 811. The second-order valence-electron chi connectivity index (χ2n) is 5.38. The topological polar surface area (TPSA) is 108 Å². The minimum atomic E-state index is -1.35. The first-order valence-corrected chi connectivity index (χ1v) is 7.87.